The third-order valence-corrected chi connectivity index (χ3v) is 4.86. The number of nitrogens with one attached hydrogen (secondary N) is 1. The van der Waals surface area contributed by atoms with Crippen LogP contribution in [0.3, 0.4) is 0 Å². The molecule has 0 saturated heterocycles. The highest BCUT2D eigenvalue weighted by molar-refractivity contribution is 5.81. The molecule has 0 aliphatic carbocycles. The molecule has 2 aromatic carbocycles. The van der Waals surface area contributed by atoms with Gasteiger partial charge in [0.15, 0.2) is 17.6 Å². The Morgan fingerprint density at radius 2 is 1.59 bits per heavy atom. The molecule has 1 amide bonds. The molecule has 2 atom stereocenters. The van der Waals surface area contributed by atoms with E-state index in [1.54, 1.807) is 6.92 Å². The van der Waals surface area contributed by atoms with Crippen LogP contribution in [0, 0.1) is 20.8 Å². The van der Waals surface area contributed by atoms with Gasteiger partial charge in [0.25, 0.3) is 5.91 Å². The maximum absolute atomic E-state index is 12.7. The molecule has 0 aliphatic rings. The lowest BCUT2D eigenvalue weighted by Crippen LogP contribution is -2.37. The topological polar surface area (TPSA) is 56.8 Å². The average molecular weight is 400 g/mol. The van der Waals surface area contributed by atoms with Crippen LogP contribution in [0.1, 0.15) is 56.0 Å². The normalized spacial score (nSPS) is 12.8. The molecule has 2 rings (SSSR count). The Labute approximate surface area is 174 Å². The second-order valence-electron chi connectivity index (χ2n) is 7.27. The Bertz CT molecular complexity index is 847. The van der Waals surface area contributed by atoms with Crippen LogP contribution in [0.25, 0.3) is 0 Å². The van der Waals surface area contributed by atoms with Gasteiger partial charge in [-0.25, -0.2) is 0 Å². The van der Waals surface area contributed by atoms with Crippen LogP contribution in [-0.2, 0) is 4.79 Å². The molecule has 0 aliphatic heterocycles. The Morgan fingerprint density at radius 1 is 0.931 bits per heavy atom. The van der Waals surface area contributed by atoms with Crippen molar-refractivity contribution in [1.29, 1.82) is 0 Å². The first-order valence-corrected chi connectivity index (χ1v) is 10.2. The lowest BCUT2D eigenvalue weighted by atomic mass is 10.1. The van der Waals surface area contributed by atoms with Gasteiger partial charge in [-0.15, -0.1) is 0 Å². The van der Waals surface area contributed by atoms with Gasteiger partial charge in [-0.1, -0.05) is 12.1 Å². The predicted octanol–water partition coefficient (Wildman–Crippen LogP) is 5.05. The summed E-state index contributed by atoms with van der Waals surface area (Å²) in [5, 5.41) is 3.03. The Hall–Kier alpha value is -2.69. The molecule has 0 radical (unpaired) electrons. The summed E-state index contributed by atoms with van der Waals surface area (Å²) in [5.41, 5.74) is 4.26. The van der Waals surface area contributed by atoms with Gasteiger partial charge in [0.2, 0.25) is 0 Å². The van der Waals surface area contributed by atoms with E-state index in [1.807, 2.05) is 65.8 Å². The summed E-state index contributed by atoms with van der Waals surface area (Å²) in [6.45, 7) is 14.8. The number of carbonyl (C=O) groups excluding carboxylic acids is 1. The van der Waals surface area contributed by atoms with Crippen molar-refractivity contribution in [3.05, 3.63) is 52.6 Å². The van der Waals surface area contributed by atoms with E-state index in [4.69, 9.17) is 14.2 Å². The molecular formula is C24H33NO4. The number of benzene rings is 2. The third-order valence-electron chi connectivity index (χ3n) is 4.86. The Morgan fingerprint density at radius 3 is 2.24 bits per heavy atom. The fraction of sp³-hybridized carbons (Fsp3) is 0.458. The zero-order valence-electron chi connectivity index (χ0n) is 18.6. The summed E-state index contributed by atoms with van der Waals surface area (Å²) in [5.74, 6) is 1.97. The minimum absolute atomic E-state index is 0.164. The molecule has 0 spiro atoms. The van der Waals surface area contributed by atoms with Crippen molar-refractivity contribution in [3.8, 4) is 17.2 Å². The molecule has 29 heavy (non-hydrogen) atoms. The number of amides is 1. The fourth-order valence-corrected chi connectivity index (χ4v) is 3.12. The van der Waals surface area contributed by atoms with Crippen LogP contribution in [-0.4, -0.2) is 25.2 Å². The van der Waals surface area contributed by atoms with Gasteiger partial charge in [-0.3, -0.25) is 4.79 Å². The average Bonchev–Trinajstić information content (AvgIpc) is 2.67. The molecule has 0 bridgehead atoms. The summed E-state index contributed by atoms with van der Waals surface area (Å²) in [6.07, 6.45) is -0.605. The van der Waals surface area contributed by atoms with Crippen molar-refractivity contribution in [2.45, 2.75) is 60.6 Å². The van der Waals surface area contributed by atoms with E-state index in [2.05, 4.69) is 11.4 Å². The second kappa shape index (κ2) is 10.2. The molecule has 0 heterocycles. The van der Waals surface area contributed by atoms with Crippen LogP contribution in [0.15, 0.2) is 30.3 Å². The lowest BCUT2D eigenvalue weighted by Gasteiger charge is -2.21. The molecule has 5 heteroatoms. The lowest BCUT2D eigenvalue weighted by molar-refractivity contribution is -0.127. The zero-order chi connectivity index (χ0) is 21.6. The monoisotopic (exact) mass is 399 g/mol. The van der Waals surface area contributed by atoms with Crippen LogP contribution in [0.5, 0.6) is 17.2 Å². The minimum atomic E-state index is -0.605. The first-order chi connectivity index (χ1) is 13.8. The summed E-state index contributed by atoms with van der Waals surface area (Å²) in [4.78, 5) is 12.7. The number of hydrogen-bond acceptors (Lipinski definition) is 4. The molecule has 0 unspecified atom stereocenters. The molecule has 0 fully saturated rings. The Balaban J connectivity index is 2.09. The molecule has 0 saturated carbocycles. The van der Waals surface area contributed by atoms with Gasteiger partial charge in [0.05, 0.1) is 19.3 Å². The van der Waals surface area contributed by atoms with E-state index in [0.717, 1.165) is 28.0 Å². The predicted molar refractivity (Wildman–Crippen MR) is 116 cm³/mol. The van der Waals surface area contributed by atoms with Crippen molar-refractivity contribution in [1.82, 2.24) is 5.32 Å². The van der Waals surface area contributed by atoms with Crippen LogP contribution in [0.2, 0.25) is 0 Å². The summed E-state index contributed by atoms with van der Waals surface area (Å²) in [7, 11) is 0. The quantitative estimate of drug-likeness (QED) is 0.641. The minimum Gasteiger partial charge on any atom is -0.490 e. The number of aryl methyl sites for hydroxylation is 2. The van der Waals surface area contributed by atoms with Crippen molar-refractivity contribution in [2.24, 2.45) is 0 Å². The van der Waals surface area contributed by atoms with Gasteiger partial charge in [-0.2, -0.15) is 0 Å². The Kier molecular flexibility index (Phi) is 7.94. The largest absolute Gasteiger partial charge is 0.490 e. The van der Waals surface area contributed by atoms with Crippen molar-refractivity contribution in [3.63, 3.8) is 0 Å². The third kappa shape index (κ3) is 5.89. The van der Waals surface area contributed by atoms with Crippen molar-refractivity contribution >= 4 is 5.91 Å². The van der Waals surface area contributed by atoms with E-state index in [-0.39, 0.29) is 11.9 Å². The number of ether oxygens (including phenoxy) is 3. The number of carbonyl (C=O) groups is 1. The first kappa shape index (κ1) is 22.6. The van der Waals surface area contributed by atoms with E-state index < -0.39 is 6.10 Å². The highest BCUT2D eigenvalue weighted by Crippen LogP contribution is 2.31. The van der Waals surface area contributed by atoms with Gasteiger partial charge >= 0.3 is 0 Å². The maximum Gasteiger partial charge on any atom is 0.261 e. The fourth-order valence-electron chi connectivity index (χ4n) is 3.12. The molecule has 158 valence electrons. The molecule has 0 aromatic heterocycles. The summed E-state index contributed by atoms with van der Waals surface area (Å²) >= 11 is 0. The second-order valence-corrected chi connectivity index (χ2v) is 7.27. The highest BCUT2D eigenvalue weighted by Gasteiger charge is 2.20. The standard InChI is InChI=1S/C24H33NO4/c1-8-27-21-11-10-20(14-23(21)28-9-2)18(6)25-24(26)19(7)29-22-13-15(3)12-16(4)17(22)5/h10-14,18-19H,8-9H2,1-7H3,(H,25,26)/t18-,19+/m0/s1. The van der Waals surface area contributed by atoms with E-state index in [1.165, 1.54) is 0 Å². The molecule has 2 aromatic rings. The SMILES string of the molecule is CCOc1ccc([C@H](C)NC(=O)[C@@H](C)Oc2cc(C)cc(C)c2C)cc1OCC. The van der Waals surface area contributed by atoms with E-state index in [9.17, 15) is 4.79 Å². The molecule has 1 N–H and O–H groups in total. The van der Waals surface area contributed by atoms with Gasteiger partial charge in [0.1, 0.15) is 5.75 Å². The highest BCUT2D eigenvalue weighted by atomic mass is 16.5. The van der Waals surface area contributed by atoms with E-state index >= 15 is 0 Å². The number of rotatable bonds is 9. The van der Waals surface area contributed by atoms with Crippen LogP contribution in [0.4, 0.5) is 0 Å². The van der Waals surface area contributed by atoms with Gasteiger partial charge in [0, 0.05) is 0 Å². The summed E-state index contributed by atoms with van der Waals surface area (Å²) in [6, 6.07) is 9.62. The molecule has 5 nitrogen and oxygen atoms in total. The smallest absolute Gasteiger partial charge is 0.261 e. The molecular weight excluding hydrogens is 366 g/mol. The van der Waals surface area contributed by atoms with Crippen molar-refractivity contribution < 1.29 is 19.0 Å². The maximum atomic E-state index is 12.7. The van der Waals surface area contributed by atoms with Crippen molar-refractivity contribution in [2.75, 3.05) is 13.2 Å². The first-order valence-electron chi connectivity index (χ1n) is 10.2. The van der Waals surface area contributed by atoms with Gasteiger partial charge < -0.3 is 19.5 Å². The van der Waals surface area contributed by atoms with Crippen LogP contribution < -0.4 is 19.5 Å². The van der Waals surface area contributed by atoms with Crippen LogP contribution >= 0.6 is 0 Å². The van der Waals surface area contributed by atoms with Gasteiger partial charge in [-0.05, 0) is 88.9 Å². The number of hydrogen-bond donors (Lipinski definition) is 1. The summed E-state index contributed by atoms with van der Waals surface area (Å²) < 4.78 is 17.3. The zero-order valence-corrected chi connectivity index (χ0v) is 18.6. The van der Waals surface area contributed by atoms with E-state index in [0.29, 0.717) is 24.7 Å².